The summed E-state index contributed by atoms with van der Waals surface area (Å²) in [6.07, 6.45) is 5.34. The quantitative estimate of drug-likeness (QED) is 0.735. The molecule has 0 radical (unpaired) electrons. The topological polar surface area (TPSA) is 24.5 Å². The van der Waals surface area contributed by atoms with Gasteiger partial charge < -0.3 is 10.1 Å². The Bertz CT molecular complexity index is 238. The Balaban J connectivity index is 1.64. The van der Waals surface area contributed by atoms with Crippen LogP contribution in [0.4, 0.5) is 0 Å². The molecule has 3 heteroatoms. The standard InChI is InChI=1S/C14H28N2O/c1-14(2,7-9-17-3)11-15-12-6-8-16(10-12)13-4-5-13/h12-13,15H,4-11H2,1-3H3. The molecule has 1 atom stereocenters. The molecule has 100 valence electrons. The number of likely N-dealkylation sites (tertiary alicyclic amines) is 1. The summed E-state index contributed by atoms with van der Waals surface area (Å²) in [6.45, 7) is 9.21. The Hall–Kier alpha value is -0.120. The molecule has 17 heavy (non-hydrogen) atoms. The molecule has 1 aliphatic carbocycles. The molecular weight excluding hydrogens is 212 g/mol. The number of hydrogen-bond donors (Lipinski definition) is 1. The summed E-state index contributed by atoms with van der Waals surface area (Å²) in [4.78, 5) is 2.67. The van der Waals surface area contributed by atoms with Crippen LogP contribution in [0.15, 0.2) is 0 Å². The highest BCUT2D eigenvalue weighted by Crippen LogP contribution is 2.30. The summed E-state index contributed by atoms with van der Waals surface area (Å²) in [7, 11) is 1.79. The van der Waals surface area contributed by atoms with E-state index in [-0.39, 0.29) is 0 Å². The number of methoxy groups -OCH3 is 1. The third-order valence-corrected chi connectivity index (χ3v) is 4.14. The number of hydrogen-bond acceptors (Lipinski definition) is 3. The normalized spacial score (nSPS) is 26.6. The predicted octanol–water partition coefficient (Wildman–Crippen LogP) is 1.88. The monoisotopic (exact) mass is 240 g/mol. The molecule has 0 aromatic rings. The lowest BCUT2D eigenvalue weighted by molar-refractivity contribution is 0.149. The van der Waals surface area contributed by atoms with Gasteiger partial charge in [0, 0.05) is 45.4 Å². The molecule has 1 unspecified atom stereocenters. The minimum absolute atomic E-state index is 0.350. The average molecular weight is 240 g/mol. The Morgan fingerprint density at radius 2 is 2.06 bits per heavy atom. The van der Waals surface area contributed by atoms with E-state index in [4.69, 9.17) is 4.74 Å². The van der Waals surface area contributed by atoms with Crippen molar-refractivity contribution in [3.8, 4) is 0 Å². The third kappa shape index (κ3) is 4.23. The Kier molecular flexibility index (Phi) is 4.45. The zero-order valence-corrected chi connectivity index (χ0v) is 11.7. The second kappa shape index (κ2) is 5.68. The zero-order valence-electron chi connectivity index (χ0n) is 11.7. The van der Waals surface area contributed by atoms with Gasteiger partial charge in [0.2, 0.25) is 0 Å². The van der Waals surface area contributed by atoms with Gasteiger partial charge in [0.05, 0.1) is 0 Å². The van der Waals surface area contributed by atoms with E-state index in [2.05, 4.69) is 24.1 Å². The van der Waals surface area contributed by atoms with Crippen LogP contribution < -0.4 is 5.32 Å². The van der Waals surface area contributed by atoms with Crippen LogP contribution in [0.5, 0.6) is 0 Å². The Morgan fingerprint density at radius 3 is 2.71 bits per heavy atom. The van der Waals surface area contributed by atoms with Gasteiger partial charge in [-0.15, -0.1) is 0 Å². The molecule has 0 aromatic heterocycles. The molecule has 1 saturated carbocycles. The predicted molar refractivity (Wildman–Crippen MR) is 71.3 cm³/mol. The SMILES string of the molecule is COCCC(C)(C)CNC1CCN(C2CC2)C1. The van der Waals surface area contributed by atoms with Crippen LogP contribution in [0.25, 0.3) is 0 Å². The second-order valence-electron chi connectivity index (χ2n) is 6.50. The first-order valence-corrected chi connectivity index (χ1v) is 7.07. The van der Waals surface area contributed by atoms with Gasteiger partial charge in [0.1, 0.15) is 0 Å². The van der Waals surface area contributed by atoms with Crippen molar-refractivity contribution in [3.63, 3.8) is 0 Å². The van der Waals surface area contributed by atoms with Crippen LogP contribution in [0, 0.1) is 5.41 Å². The summed E-state index contributed by atoms with van der Waals surface area (Å²) in [5.41, 5.74) is 0.350. The van der Waals surface area contributed by atoms with Crippen molar-refractivity contribution >= 4 is 0 Å². The molecule has 1 saturated heterocycles. The summed E-state index contributed by atoms with van der Waals surface area (Å²) in [5.74, 6) is 0. The lowest BCUT2D eigenvalue weighted by Crippen LogP contribution is -2.39. The van der Waals surface area contributed by atoms with Gasteiger partial charge in [-0.05, 0) is 31.1 Å². The van der Waals surface area contributed by atoms with E-state index in [1.165, 1.54) is 32.4 Å². The molecule has 0 amide bonds. The van der Waals surface area contributed by atoms with Crippen molar-refractivity contribution in [2.45, 2.75) is 51.6 Å². The van der Waals surface area contributed by atoms with E-state index < -0.39 is 0 Å². The minimum Gasteiger partial charge on any atom is -0.385 e. The van der Waals surface area contributed by atoms with Gasteiger partial charge in [-0.25, -0.2) is 0 Å². The van der Waals surface area contributed by atoms with E-state index in [1.54, 1.807) is 7.11 Å². The van der Waals surface area contributed by atoms with E-state index in [9.17, 15) is 0 Å². The smallest absolute Gasteiger partial charge is 0.0467 e. The molecular formula is C14H28N2O. The zero-order chi connectivity index (χ0) is 12.3. The van der Waals surface area contributed by atoms with Gasteiger partial charge in [0.15, 0.2) is 0 Å². The number of rotatable bonds is 7. The maximum absolute atomic E-state index is 5.17. The average Bonchev–Trinajstić information content (AvgIpc) is 3.04. The van der Waals surface area contributed by atoms with Gasteiger partial charge in [-0.1, -0.05) is 13.8 Å². The first kappa shape index (κ1) is 13.3. The fourth-order valence-electron chi connectivity index (χ4n) is 2.61. The first-order valence-electron chi connectivity index (χ1n) is 7.07. The van der Waals surface area contributed by atoms with Crippen molar-refractivity contribution in [2.75, 3.05) is 33.4 Å². The van der Waals surface area contributed by atoms with Crippen LogP contribution in [0.3, 0.4) is 0 Å². The van der Waals surface area contributed by atoms with E-state index in [1.807, 2.05) is 0 Å². The Morgan fingerprint density at radius 1 is 1.29 bits per heavy atom. The number of nitrogens with zero attached hydrogens (tertiary/aromatic N) is 1. The van der Waals surface area contributed by atoms with E-state index >= 15 is 0 Å². The lowest BCUT2D eigenvalue weighted by Gasteiger charge is -2.27. The highest BCUT2D eigenvalue weighted by Gasteiger charge is 2.34. The fraction of sp³-hybridized carbons (Fsp3) is 1.00. The summed E-state index contributed by atoms with van der Waals surface area (Å²) >= 11 is 0. The highest BCUT2D eigenvalue weighted by molar-refractivity contribution is 4.92. The van der Waals surface area contributed by atoms with Gasteiger partial charge in [-0.2, -0.15) is 0 Å². The summed E-state index contributed by atoms with van der Waals surface area (Å²) in [6, 6.07) is 1.65. The number of nitrogens with one attached hydrogen (secondary N) is 1. The highest BCUT2D eigenvalue weighted by atomic mass is 16.5. The molecule has 0 bridgehead atoms. The first-order chi connectivity index (χ1) is 8.11. The van der Waals surface area contributed by atoms with Crippen LogP contribution in [-0.2, 0) is 4.74 Å². The lowest BCUT2D eigenvalue weighted by atomic mass is 9.89. The molecule has 2 fully saturated rings. The third-order valence-electron chi connectivity index (χ3n) is 4.14. The minimum atomic E-state index is 0.350. The molecule has 2 rings (SSSR count). The van der Waals surface area contributed by atoms with Gasteiger partial charge >= 0.3 is 0 Å². The van der Waals surface area contributed by atoms with Crippen molar-refractivity contribution < 1.29 is 4.74 Å². The second-order valence-corrected chi connectivity index (χ2v) is 6.50. The molecule has 3 nitrogen and oxygen atoms in total. The van der Waals surface area contributed by atoms with Crippen LogP contribution in [-0.4, -0.2) is 50.3 Å². The van der Waals surface area contributed by atoms with Crippen molar-refractivity contribution in [1.82, 2.24) is 10.2 Å². The molecule has 1 N–H and O–H groups in total. The summed E-state index contributed by atoms with van der Waals surface area (Å²) in [5, 5.41) is 3.75. The van der Waals surface area contributed by atoms with Crippen LogP contribution in [0.1, 0.15) is 39.5 Å². The van der Waals surface area contributed by atoms with Crippen molar-refractivity contribution in [3.05, 3.63) is 0 Å². The van der Waals surface area contributed by atoms with Gasteiger partial charge in [0.25, 0.3) is 0 Å². The largest absolute Gasteiger partial charge is 0.385 e. The molecule has 0 spiro atoms. The van der Waals surface area contributed by atoms with Crippen molar-refractivity contribution in [2.24, 2.45) is 5.41 Å². The van der Waals surface area contributed by atoms with Crippen LogP contribution in [0.2, 0.25) is 0 Å². The molecule has 1 aliphatic heterocycles. The maximum Gasteiger partial charge on any atom is 0.0467 e. The van der Waals surface area contributed by atoms with Crippen molar-refractivity contribution in [1.29, 1.82) is 0 Å². The molecule has 2 aliphatic rings. The molecule has 0 aromatic carbocycles. The number of ether oxygens (including phenoxy) is 1. The fourth-order valence-corrected chi connectivity index (χ4v) is 2.61. The van der Waals surface area contributed by atoms with Crippen LogP contribution >= 0.6 is 0 Å². The van der Waals surface area contributed by atoms with E-state index in [0.717, 1.165) is 31.7 Å². The molecule has 1 heterocycles. The Labute approximate surface area is 106 Å². The summed E-state index contributed by atoms with van der Waals surface area (Å²) < 4.78 is 5.17. The van der Waals surface area contributed by atoms with E-state index in [0.29, 0.717) is 5.41 Å². The van der Waals surface area contributed by atoms with Gasteiger partial charge in [-0.3, -0.25) is 4.90 Å². The maximum atomic E-state index is 5.17.